The molecule has 0 saturated heterocycles. The monoisotopic (exact) mass is 247 g/mol. The quantitative estimate of drug-likeness (QED) is 0.685. The van der Waals surface area contributed by atoms with Crippen LogP contribution >= 0.6 is 0 Å². The first-order chi connectivity index (χ1) is 7.15. The minimum Gasteiger partial charge on any atom is -0.480 e. The van der Waals surface area contributed by atoms with Crippen molar-refractivity contribution < 1.29 is 18.3 Å². The van der Waals surface area contributed by atoms with Crippen molar-refractivity contribution in [2.45, 2.75) is 31.3 Å². The van der Waals surface area contributed by atoms with Crippen LogP contribution < -0.4 is 4.72 Å². The molecule has 0 aliphatic rings. The smallest absolute Gasteiger partial charge is 0.324 e. The van der Waals surface area contributed by atoms with Gasteiger partial charge in [0, 0.05) is 0 Å². The fourth-order valence-corrected chi connectivity index (χ4v) is 2.31. The third-order valence-electron chi connectivity index (χ3n) is 1.89. The zero-order valence-corrected chi connectivity index (χ0v) is 9.92. The van der Waals surface area contributed by atoms with E-state index >= 15 is 0 Å². The maximum absolute atomic E-state index is 11.7. The van der Waals surface area contributed by atoms with Gasteiger partial charge in [0.15, 0.2) is 5.03 Å². The van der Waals surface area contributed by atoms with Crippen LogP contribution in [0.2, 0.25) is 0 Å². The summed E-state index contributed by atoms with van der Waals surface area (Å²) in [7, 11) is -3.89. The van der Waals surface area contributed by atoms with E-state index in [1.807, 2.05) is 0 Å². The number of rotatable bonds is 4. The Hall–Kier alpha value is -1.41. The lowest BCUT2D eigenvalue weighted by molar-refractivity contribution is -0.142. The predicted molar refractivity (Wildman–Crippen MR) is 55.4 cm³/mol. The molecule has 3 N–H and O–H groups in total. The van der Waals surface area contributed by atoms with Crippen LogP contribution in [0.15, 0.2) is 11.2 Å². The first-order valence-electron chi connectivity index (χ1n) is 4.44. The summed E-state index contributed by atoms with van der Waals surface area (Å²) in [5.74, 6) is -0.819. The predicted octanol–water partition coefficient (Wildman–Crippen LogP) is -0.140. The van der Waals surface area contributed by atoms with Crippen LogP contribution in [0.25, 0.3) is 0 Å². The molecule has 0 amide bonds. The van der Waals surface area contributed by atoms with Crippen molar-refractivity contribution >= 4 is 16.0 Å². The first-order valence-corrected chi connectivity index (χ1v) is 5.92. The van der Waals surface area contributed by atoms with Crippen LogP contribution in [-0.4, -0.2) is 35.0 Å². The molecule has 0 fully saturated rings. The summed E-state index contributed by atoms with van der Waals surface area (Å²) in [6.45, 7) is 4.12. The van der Waals surface area contributed by atoms with E-state index in [1.54, 1.807) is 6.92 Å². The second-order valence-electron chi connectivity index (χ2n) is 3.87. The van der Waals surface area contributed by atoms with Crippen LogP contribution in [-0.2, 0) is 14.8 Å². The molecule has 90 valence electrons. The van der Waals surface area contributed by atoms with Gasteiger partial charge in [0.1, 0.15) is 11.4 Å². The van der Waals surface area contributed by atoms with Crippen LogP contribution in [0.1, 0.15) is 19.7 Å². The van der Waals surface area contributed by atoms with Crippen LogP contribution in [0.5, 0.6) is 0 Å². The van der Waals surface area contributed by atoms with E-state index in [-0.39, 0.29) is 5.03 Å². The Kier molecular flexibility index (Phi) is 3.06. The summed E-state index contributed by atoms with van der Waals surface area (Å²) in [4.78, 5) is 17.0. The lowest BCUT2D eigenvalue weighted by Crippen LogP contribution is -2.49. The molecule has 16 heavy (non-hydrogen) atoms. The maximum atomic E-state index is 11.7. The summed E-state index contributed by atoms with van der Waals surface area (Å²) in [5.41, 5.74) is -1.57. The van der Waals surface area contributed by atoms with Gasteiger partial charge < -0.3 is 10.1 Å². The third kappa shape index (κ3) is 2.58. The van der Waals surface area contributed by atoms with Gasteiger partial charge >= 0.3 is 5.97 Å². The number of aryl methyl sites for hydroxylation is 1. The summed E-state index contributed by atoms with van der Waals surface area (Å²) >= 11 is 0. The van der Waals surface area contributed by atoms with Crippen molar-refractivity contribution in [3.05, 3.63) is 12.0 Å². The van der Waals surface area contributed by atoms with Crippen molar-refractivity contribution in [1.82, 2.24) is 14.7 Å². The molecule has 1 aromatic rings. The lowest BCUT2D eigenvalue weighted by Gasteiger charge is -2.19. The topological polar surface area (TPSA) is 112 Å². The number of sulfonamides is 1. The Morgan fingerprint density at radius 1 is 1.56 bits per heavy atom. The molecular formula is C8H13N3O4S. The van der Waals surface area contributed by atoms with Crippen molar-refractivity contribution in [3.63, 3.8) is 0 Å². The fourth-order valence-electron chi connectivity index (χ4n) is 0.969. The molecule has 0 aliphatic carbocycles. The zero-order chi connectivity index (χ0) is 12.6. The molecule has 8 heteroatoms. The number of imidazole rings is 1. The SMILES string of the molecule is Cc1ncc(S(=O)(=O)NC(C)(C)C(=O)O)[nH]1. The molecule has 7 nitrogen and oxygen atoms in total. The number of carbonyl (C=O) groups is 1. The summed E-state index contributed by atoms with van der Waals surface area (Å²) in [6.07, 6.45) is 1.13. The number of aliphatic carboxylic acids is 1. The molecule has 1 heterocycles. The van der Waals surface area contributed by atoms with Gasteiger partial charge in [0.05, 0.1) is 6.20 Å². The van der Waals surface area contributed by atoms with E-state index in [9.17, 15) is 13.2 Å². The molecule has 0 unspecified atom stereocenters. The molecule has 1 aromatic heterocycles. The van der Waals surface area contributed by atoms with Gasteiger partial charge in [0.25, 0.3) is 10.0 Å². The van der Waals surface area contributed by atoms with Crippen molar-refractivity contribution in [3.8, 4) is 0 Å². The standard InChI is InChI=1S/C8H13N3O4S/c1-5-9-4-6(10-5)16(14,15)11-8(2,3)7(12)13/h4,11H,1-3H3,(H,9,10)(H,12,13). The highest BCUT2D eigenvalue weighted by molar-refractivity contribution is 7.89. The number of carboxylic acid groups (broad SMARTS) is 1. The Bertz CT molecular complexity index is 503. The molecule has 0 radical (unpaired) electrons. The molecule has 0 aromatic carbocycles. The first kappa shape index (κ1) is 12.7. The highest BCUT2D eigenvalue weighted by Crippen LogP contribution is 2.11. The molecule has 0 atom stereocenters. The second-order valence-corrected chi connectivity index (χ2v) is 5.52. The highest BCUT2D eigenvalue weighted by atomic mass is 32.2. The average molecular weight is 247 g/mol. The van der Waals surface area contributed by atoms with E-state index in [4.69, 9.17) is 5.11 Å². The number of hydrogen-bond acceptors (Lipinski definition) is 4. The molecular weight excluding hydrogens is 234 g/mol. The number of H-pyrrole nitrogens is 1. The Balaban J connectivity index is 3.02. The highest BCUT2D eigenvalue weighted by Gasteiger charge is 2.33. The minimum absolute atomic E-state index is 0.153. The van der Waals surface area contributed by atoms with Crippen molar-refractivity contribution in [1.29, 1.82) is 0 Å². The third-order valence-corrected chi connectivity index (χ3v) is 3.46. The lowest BCUT2D eigenvalue weighted by atomic mass is 10.1. The molecule has 0 bridgehead atoms. The number of hydrogen-bond donors (Lipinski definition) is 3. The van der Waals surface area contributed by atoms with E-state index in [0.29, 0.717) is 5.82 Å². The van der Waals surface area contributed by atoms with Gasteiger partial charge in [-0.05, 0) is 20.8 Å². The summed E-state index contributed by atoms with van der Waals surface area (Å²) in [6, 6.07) is 0. The normalized spacial score (nSPS) is 12.7. The van der Waals surface area contributed by atoms with Gasteiger partial charge in [-0.1, -0.05) is 0 Å². The van der Waals surface area contributed by atoms with Gasteiger partial charge in [-0.25, -0.2) is 13.4 Å². The van der Waals surface area contributed by atoms with E-state index in [0.717, 1.165) is 6.20 Å². The maximum Gasteiger partial charge on any atom is 0.324 e. The number of nitrogens with zero attached hydrogens (tertiary/aromatic N) is 1. The Morgan fingerprint density at radius 2 is 2.12 bits per heavy atom. The van der Waals surface area contributed by atoms with E-state index in [1.165, 1.54) is 13.8 Å². The average Bonchev–Trinajstić information content (AvgIpc) is 2.50. The molecule has 0 saturated carbocycles. The Labute approximate surface area is 93.0 Å². The van der Waals surface area contributed by atoms with Crippen LogP contribution in [0.3, 0.4) is 0 Å². The molecule has 1 rings (SSSR count). The zero-order valence-electron chi connectivity index (χ0n) is 9.10. The van der Waals surface area contributed by atoms with Crippen molar-refractivity contribution in [2.75, 3.05) is 0 Å². The van der Waals surface area contributed by atoms with Gasteiger partial charge in [-0.15, -0.1) is 0 Å². The van der Waals surface area contributed by atoms with Gasteiger partial charge in [-0.2, -0.15) is 4.72 Å². The number of carboxylic acids is 1. The summed E-state index contributed by atoms with van der Waals surface area (Å²) in [5, 5.41) is 8.65. The van der Waals surface area contributed by atoms with Crippen LogP contribution in [0, 0.1) is 6.92 Å². The molecule has 0 aliphatic heterocycles. The van der Waals surface area contributed by atoms with E-state index < -0.39 is 21.5 Å². The van der Waals surface area contributed by atoms with Crippen molar-refractivity contribution in [2.24, 2.45) is 0 Å². The number of nitrogens with one attached hydrogen (secondary N) is 2. The molecule has 0 spiro atoms. The second kappa shape index (κ2) is 3.87. The van der Waals surface area contributed by atoms with Gasteiger partial charge in [0.2, 0.25) is 0 Å². The number of aromatic amines is 1. The fraction of sp³-hybridized carbons (Fsp3) is 0.500. The van der Waals surface area contributed by atoms with E-state index in [2.05, 4.69) is 14.7 Å². The van der Waals surface area contributed by atoms with Crippen LogP contribution in [0.4, 0.5) is 0 Å². The largest absolute Gasteiger partial charge is 0.480 e. The summed E-state index contributed by atoms with van der Waals surface area (Å²) < 4.78 is 25.5. The number of aromatic nitrogens is 2. The minimum atomic E-state index is -3.89. The van der Waals surface area contributed by atoms with Gasteiger partial charge in [-0.3, -0.25) is 4.79 Å². The Morgan fingerprint density at radius 3 is 2.50 bits per heavy atom.